The molecule has 150 valence electrons. The average molecular weight is 411 g/mol. The highest BCUT2D eigenvalue weighted by molar-refractivity contribution is 7.89. The van der Waals surface area contributed by atoms with Crippen LogP contribution >= 0.6 is 0 Å². The second kappa shape index (κ2) is 8.76. The monoisotopic (exact) mass is 411 g/mol. The number of hydrogen-bond acceptors (Lipinski definition) is 7. The second-order valence-corrected chi connectivity index (χ2v) is 7.65. The summed E-state index contributed by atoms with van der Waals surface area (Å²) in [7, 11) is -1.03. The lowest BCUT2D eigenvalue weighted by atomic mass is 10.2. The van der Waals surface area contributed by atoms with Crippen LogP contribution in [0.1, 0.15) is 5.56 Å². The minimum atomic E-state index is -4.19. The molecule has 2 aromatic carbocycles. The molecule has 28 heavy (non-hydrogen) atoms. The number of hydrogen-bond donors (Lipinski definition) is 1. The SMILES string of the molecule is CN(C)c1ccc(S(=O)(=O)NCC(=O)OCc2ccccc2F)cc1[N+](=O)[O-]. The number of benzene rings is 2. The predicted octanol–water partition coefficient (Wildman–Crippen LogP) is 1.82. The van der Waals surface area contributed by atoms with E-state index < -0.39 is 39.0 Å². The van der Waals surface area contributed by atoms with E-state index >= 15 is 0 Å². The molecule has 0 fully saturated rings. The summed E-state index contributed by atoms with van der Waals surface area (Å²) in [5, 5.41) is 11.2. The smallest absolute Gasteiger partial charge is 0.321 e. The van der Waals surface area contributed by atoms with Crippen LogP contribution in [0, 0.1) is 15.9 Å². The van der Waals surface area contributed by atoms with E-state index in [9.17, 15) is 27.7 Å². The Morgan fingerprint density at radius 3 is 2.54 bits per heavy atom. The number of ether oxygens (including phenoxy) is 1. The van der Waals surface area contributed by atoms with Gasteiger partial charge in [0.25, 0.3) is 5.69 Å². The van der Waals surface area contributed by atoms with Gasteiger partial charge in [0, 0.05) is 25.7 Å². The molecule has 0 atom stereocenters. The van der Waals surface area contributed by atoms with E-state index in [1.807, 2.05) is 4.72 Å². The highest BCUT2D eigenvalue weighted by Crippen LogP contribution is 2.29. The van der Waals surface area contributed by atoms with Gasteiger partial charge in [-0.2, -0.15) is 4.72 Å². The molecule has 0 saturated carbocycles. The van der Waals surface area contributed by atoms with Gasteiger partial charge in [0.05, 0.1) is 9.82 Å². The fourth-order valence-corrected chi connectivity index (χ4v) is 3.25. The van der Waals surface area contributed by atoms with Gasteiger partial charge in [-0.25, -0.2) is 12.8 Å². The summed E-state index contributed by atoms with van der Waals surface area (Å²) in [6.07, 6.45) is 0. The summed E-state index contributed by atoms with van der Waals surface area (Å²) < 4.78 is 44.9. The number of anilines is 1. The molecule has 0 aliphatic rings. The molecule has 9 nitrogen and oxygen atoms in total. The Morgan fingerprint density at radius 2 is 1.93 bits per heavy atom. The quantitative estimate of drug-likeness (QED) is 0.400. The molecular weight excluding hydrogens is 393 g/mol. The van der Waals surface area contributed by atoms with E-state index in [-0.39, 0.29) is 22.8 Å². The van der Waals surface area contributed by atoms with Crippen LogP contribution in [0.25, 0.3) is 0 Å². The van der Waals surface area contributed by atoms with E-state index in [4.69, 9.17) is 4.74 Å². The van der Waals surface area contributed by atoms with Crippen LogP contribution in [0.4, 0.5) is 15.8 Å². The maximum Gasteiger partial charge on any atom is 0.321 e. The summed E-state index contributed by atoms with van der Waals surface area (Å²) in [5.74, 6) is -1.48. The topological polar surface area (TPSA) is 119 Å². The van der Waals surface area contributed by atoms with Gasteiger partial charge in [0.15, 0.2) is 0 Å². The third-order valence-electron chi connectivity index (χ3n) is 3.69. The Kier molecular flexibility index (Phi) is 6.65. The number of nitro groups is 1. The molecule has 0 amide bonds. The molecule has 0 aliphatic carbocycles. The summed E-state index contributed by atoms with van der Waals surface area (Å²) in [6, 6.07) is 9.07. The summed E-state index contributed by atoms with van der Waals surface area (Å²) in [4.78, 5) is 23.3. The zero-order chi connectivity index (χ0) is 20.9. The zero-order valence-corrected chi connectivity index (χ0v) is 15.9. The fourth-order valence-electron chi connectivity index (χ4n) is 2.26. The van der Waals surface area contributed by atoms with Gasteiger partial charge < -0.3 is 9.64 Å². The van der Waals surface area contributed by atoms with Gasteiger partial charge >= 0.3 is 5.97 Å². The minimum absolute atomic E-state index is 0.147. The molecule has 0 aliphatic heterocycles. The molecule has 2 aromatic rings. The number of nitro benzene ring substituents is 1. The third-order valence-corrected chi connectivity index (χ3v) is 5.09. The first-order chi connectivity index (χ1) is 13.1. The van der Waals surface area contributed by atoms with E-state index in [1.54, 1.807) is 20.2 Å². The molecule has 0 unspecified atom stereocenters. The lowest BCUT2D eigenvalue weighted by molar-refractivity contribution is -0.384. The van der Waals surface area contributed by atoms with Gasteiger partial charge in [0.1, 0.15) is 24.7 Å². The van der Waals surface area contributed by atoms with Crippen molar-refractivity contribution < 1.29 is 27.3 Å². The molecule has 0 heterocycles. The van der Waals surface area contributed by atoms with E-state index in [0.29, 0.717) is 0 Å². The summed E-state index contributed by atoms with van der Waals surface area (Å²) >= 11 is 0. The second-order valence-electron chi connectivity index (χ2n) is 5.88. The van der Waals surface area contributed by atoms with Crippen LogP contribution in [0.5, 0.6) is 0 Å². The van der Waals surface area contributed by atoms with Crippen molar-refractivity contribution >= 4 is 27.4 Å². The van der Waals surface area contributed by atoms with Crippen LogP contribution in [-0.2, 0) is 26.2 Å². The van der Waals surface area contributed by atoms with E-state index in [2.05, 4.69) is 0 Å². The lowest BCUT2D eigenvalue weighted by Gasteiger charge is -2.14. The molecule has 2 rings (SSSR count). The van der Waals surface area contributed by atoms with Crippen molar-refractivity contribution in [2.24, 2.45) is 0 Å². The number of carbonyl (C=O) groups excluding carboxylic acids is 1. The Bertz CT molecular complexity index is 994. The number of esters is 1. The number of carbonyl (C=O) groups is 1. The van der Waals surface area contributed by atoms with Crippen molar-refractivity contribution in [1.82, 2.24) is 4.72 Å². The first-order valence-electron chi connectivity index (χ1n) is 7.96. The van der Waals surface area contributed by atoms with Crippen molar-refractivity contribution in [3.05, 3.63) is 64.0 Å². The number of nitrogens with zero attached hydrogens (tertiary/aromatic N) is 2. The van der Waals surface area contributed by atoms with Gasteiger partial charge in [-0.05, 0) is 18.2 Å². The molecule has 0 bridgehead atoms. The number of rotatable bonds is 8. The molecule has 0 radical (unpaired) electrons. The van der Waals surface area contributed by atoms with Crippen molar-refractivity contribution in [2.75, 3.05) is 25.5 Å². The predicted molar refractivity (Wildman–Crippen MR) is 98.8 cm³/mol. The first-order valence-corrected chi connectivity index (χ1v) is 9.44. The summed E-state index contributed by atoms with van der Waals surface area (Å²) in [6.45, 7) is -1.06. The van der Waals surface area contributed by atoms with Crippen molar-refractivity contribution in [1.29, 1.82) is 0 Å². The zero-order valence-electron chi connectivity index (χ0n) is 15.1. The van der Waals surface area contributed by atoms with Crippen LogP contribution < -0.4 is 9.62 Å². The van der Waals surface area contributed by atoms with E-state index in [0.717, 1.165) is 6.07 Å². The van der Waals surface area contributed by atoms with Crippen LogP contribution in [-0.4, -0.2) is 40.0 Å². The highest BCUT2D eigenvalue weighted by atomic mass is 32.2. The van der Waals surface area contributed by atoms with Gasteiger partial charge in [0.2, 0.25) is 10.0 Å². The van der Waals surface area contributed by atoms with Crippen LogP contribution in [0.15, 0.2) is 47.4 Å². The lowest BCUT2D eigenvalue weighted by Crippen LogP contribution is -2.30. The standard InChI is InChI=1S/C17H18FN3O6S/c1-20(2)15-8-7-13(9-16(15)21(23)24)28(25,26)19-10-17(22)27-11-12-5-3-4-6-14(12)18/h3-9,19H,10-11H2,1-2H3. The molecular formula is C17H18FN3O6S. The maximum absolute atomic E-state index is 13.5. The van der Waals surface area contributed by atoms with Gasteiger partial charge in [-0.1, -0.05) is 18.2 Å². The third kappa shape index (κ3) is 5.24. The Hall–Kier alpha value is -3.05. The molecule has 0 spiro atoms. The van der Waals surface area contributed by atoms with Crippen LogP contribution in [0.3, 0.4) is 0 Å². The Labute approximate surface area is 160 Å². The molecule has 1 N–H and O–H groups in total. The van der Waals surface area contributed by atoms with Crippen molar-refractivity contribution in [3.8, 4) is 0 Å². The Morgan fingerprint density at radius 1 is 1.25 bits per heavy atom. The maximum atomic E-state index is 13.5. The average Bonchev–Trinajstić information content (AvgIpc) is 2.65. The molecule has 0 aromatic heterocycles. The van der Waals surface area contributed by atoms with Gasteiger partial charge in [-0.3, -0.25) is 14.9 Å². The normalized spacial score (nSPS) is 11.1. The Balaban J connectivity index is 2.05. The van der Waals surface area contributed by atoms with Crippen LogP contribution in [0.2, 0.25) is 0 Å². The molecule has 11 heteroatoms. The number of sulfonamides is 1. The highest BCUT2D eigenvalue weighted by Gasteiger charge is 2.23. The first kappa shape index (κ1) is 21.3. The van der Waals surface area contributed by atoms with Gasteiger partial charge in [-0.15, -0.1) is 0 Å². The van der Waals surface area contributed by atoms with Crippen molar-refractivity contribution in [2.45, 2.75) is 11.5 Å². The summed E-state index contributed by atoms with van der Waals surface area (Å²) in [5.41, 5.74) is -0.0168. The van der Waals surface area contributed by atoms with Crippen molar-refractivity contribution in [3.63, 3.8) is 0 Å². The van der Waals surface area contributed by atoms with E-state index in [1.165, 1.54) is 35.2 Å². The fraction of sp³-hybridized carbons (Fsp3) is 0.235. The number of nitrogens with one attached hydrogen (secondary N) is 1. The minimum Gasteiger partial charge on any atom is -0.460 e. The largest absolute Gasteiger partial charge is 0.460 e. The molecule has 0 saturated heterocycles. The number of halogens is 1.